The average molecular weight is 611 g/mol. The first kappa shape index (κ1) is 32.1. The van der Waals surface area contributed by atoms with Gasteiger partial charge in [0.25, 0.3) is 5.91 Å². The number of carbonyl (C=O) groups is 3. The van der Waals surface area contributed by atoms with Crippen molar-refractivity contribution >= 4 is 23.5 Å². The zero-order valence-electron chi connectivity index (χ0n) is 21.7. The molecule has 1 N–H and O–H groups in total. The Balaban J connectivity index is 1.87. The molecule has 3 aromatic rings. The lowest BCUT2D eigenvalue weighted by atomic mass is 10.1. The lowest BCUT2D eigenvalue weighted by Crippen LogP contribution is -2.43. The molecule has 0 aliphatic carbocycles. The lowest BCUT2D eigenvalue weighted by molar-refractivity contribution is -0.286. The minimum atomic E-state index is -5.54. The standard InChI is InChI=1S/C25H21F8N3O6/c1-12-9-18(40-11-14-15(26)5-3-6-16(14)27)20-34-13(2)19(36(20)10-12)21(37)35-17(7-4-8-24(28,29)30)22(38)41-42-23(39)25(31,32)33/h3,5-6,9-10,17H,4,7-8,11H2,1-2H3,(H,35,37). The summed E-state index contributed by atoms with van der Waals surface area (Å²) in [7, 11) is 0. The van der Waals surface area contributed by atoms with E-state index in [9.17, 15) is 49.5 Å². The molecule has 0 fully saturated rings. The van der Waals surface area contributed by atoms with Crippen molar-refractivity contribution in [2.45, 2.75) is 58.1 Å². The first-order chi connectivity index (χ1) is 19.5. The summed E-state index contributed by atoms with van der Waals surface area (Å²) < 4.78 is 110. The number of imidazole rings is 1. The van der Waals surface area contributed by atoms with Crippen molar-refractivity contribution in [2.24, 2.45) is 0 Å². The van der Waals surface area contributed by atoms with Gasteiger partial charge < -0.3 is 10.1 Å². The van der Waals surface area contributed by atoms with E-state index in [1.807, 2.05) is 0 Å². The van der Waals surface area contributed by atoms with Crippen LogP contribution < -0.4 is 10.1 Å². The third-order valence-electron chi connectivity index (χ3n) is 5.62. The van der Waals surface area contributed by atoms with Crippen molar-refractivity contribution in [2.75, 3.05) is 0 Å². The summed E-state index contributed by atoms with van der Waals surface area (Å²) in [5.74, 6) is -7.56. The van der Waals surface area contributed by atoms with E-state index in [2.05, 4.69) is 20.1 Å². The van der Waals surface area contributed by atoms with Crippen LogP contribution in [0.3, 0.4) is 0 Å². The highest BCUT2D eigenvalue weighted by atomic mass is 19.4. The van der Waals surface area contributed by atoms with E-state index in [0.29, 0.717) is 5.56 Å². The molecule has 42 heavy (non-hydrogen) atoms. The molecule has 0 aliphatic rings. The van der Waals surface area contributed by atoms with Gasteiger partial charge in [0.1, 0.15) is 30.0 Å². The predicted molar refractivity (Wildman–Crippen MR) is 125 cm³/mol. The van der Waals surface area contributed by atoms with Crippen LogP contribution in [0.15, 0.2) is 30.5 Å². The Bertz CT molecular complexity index is 1470. The molecular weight excluding hydrogens is 590 g/mol. The van der Waals surface area contributed by atoms with Gasteiger partial charge >= 0.3 is 24.3 Å². The van der Waals surface area contributed by atoms with Crippen molar-refractivity contribution in [3.63, 3.8) is 0 Å². The smallest absolute Gasteiger partial charge is 0.485 e. The number of rotatable bonds is 9. The number of hydrogen-bond acceptors (Lipinski definition) is 7. The van der Waals surface area contributed by atoms with Gasteiger partial charge in [-0.1, -0.05) is 6.07 Å². The number of pyridine rings is 1. The molecular formula is C25H21F8N3O6. The molecule has 3 rings (SSSR count). The van der Waals surface area contributed by atoms with Gasteiger partial charge in [0.15, 0.2) is 11.4 Å². The first-order valence-corrected chi connectivity index (χ1v) is 11.9. The molecule has 1 atom stereocenters. The van der Waals surface area contributed by atoms with E-state index in [4.69, 9.17) is 4.74 Å². The Morgan fingerprint density at radius 1 is 1.02 bits per heavy atom. The highest BCUT2D eigenvalue weighted by molar-refractivity contribution is 5.97. The minimum Gasteiger partial charge on any atom is -0.485 e. The molecule has 0 radical (unpaired) electrons. The Labute approximate surface area is 231 Å². The Morgan fingerprint density at radius 2 is 1.67 bits per heavy atom. The number of halogens is 8. The largest absolute Gasteiger partial charge is 0.495 e. The van der Waals surface area contributed by atoms with Crippen molar-refractivity contribution in [3.8, 4) is 5.75 Å². The van der Waals surface area contributed by atoms with Gasteiger partial charge in [-0.25, -0.2) is 33.1 Å². The minimum absolute atomic E-state index is 0.00549. The quantitative estimate of drug-likeness (QED) is 0.201. The average Bonchev–Trinajstić information content (AvgIpc) is 3.20. The summed E-state index contributed by atoms with van der Waals surface area (Å²) in [5.41, 5.74) is -0.208. The maximum Gasteiger partial charge on any atom is 0.495 e. The van der Waals surface area contributed by atoms with E-state index in [1.165, 1.54) is 23.6 Å². The van der Waals surface area contributed by atoms with Crippen molar-refractivity contribution in [3.05, 3.63) is 64.6 Å². The van der Waals surface area contributed by atoms with Crippen molar-refractivity contribution < 1.29 is 64.0 Å². The normalized spacial score (nSPS) is 12.6. The Morgan fingerprint density at radius 3 is 2.26 bits per heavy atom. The van der Waals surface area contributed by atoms with Gasteiger partial charge in [-0.3, -0.25) is 9.20 Å². The molecule has 1 amide bonds. The number of aryl methyl sites for hydroxylation is 2. The van der Waals surface area contributed by atoms with Crippen LogP contribution >= 0.6 is 0 Å². The molecule has 0 saturated carbocycles. The molecule has 1 unspecified atom stereocenters. The van der Waals surface area contributed by atoms with Crippen LogP contribution in [-0.4, -0.2) is 45.6 Å². The number of fused-ring (bicyclic) bond motifs is 1. The third kappa shape index (κ3) is 8.07. The van der Waals surface area contributed by atoms with Crippen molar-refractivity contribution in [1.82, 2.24) is 14.7 Å². The van der Waals surface area contributed by atoms with Crippen LogP contribution in [0.5, 0.6) is 5.75 Å². The zero-order chi connectivity index (χ0) is 31.4. The third-order valence-corrected chi connectivity index (χ3v) is 5.62. The van der Waals surface area contributed by atoms with Gasteiger partial charge in [-0.15, -0.1) is 0 Å². The summed E-state index contributed by atoms with van der Waals surface area (Å²) in [6.07, 6.45) is -11.7. The fraction of sp³-hybridized carbons (Fsp3) is 0.360. The van der Waals surface area contributed by atoms with Crippen LogP contribution in [0.2, 0.25) is 0 Å². The van der Waals surface area contributed by atoms with Gasteiger partial charge in [-0.2, -0.15) is 26.3 Å². The summed E-state index contributed by atoms with van der Waals surface area (Å²) in [6, 6.07) is 2.68. The van der Waals surface area contributed by atoms with Crippen molar-refractivity contribution in [1.29, 1.82) is 0 Å². The highest BCUT2D eigenvalue weighted by Gasteiger charge is 2.43. The Kier molecular flexibility index (Phi) is 9.63. The van der Waals surface area contributed by atoms with E-state index in [1.54, 1.807) is 6.92 Å². The molecule has 2 aromatic heterocycles. The molecule has 17 heteroatoms. The van der Waals surface area contributed by atoms with Gasteiger partial charge in [-0.05, 0) is 50.5 Å². The first-order valence-electron chi connectivity index (χ1n) is 11.9. The van der Waals surface area contributed by atoms with Gasteiger partial charge in [0.2, 0.25) is 0 Å². The number of nitrogens with one attached hydrogen (secondary N) is 1. The molecule has 2 heterocycles. The van der Waals surface area contributed by atoms with E-state index in [-0.39, 0.29) is 28.3 Å². The van der Waals surface area contributed by atoms with Crippen LogP contribution in [0.25, 0.3) is 5.65 Å². The van der Waals surface area contributed by atoms with Gasteiger partial charge in [0, 0.05) is 12.6 Å². The number of hydrogen-bond donors (Lipinski definition) is 1. The number of carbonyl (C=O) groups excluding carboxylic acids is 3. The molecule has 1 aromatic carbocycles. The molecule has 0 aliphatic heterocycles. The van der Waals surface area contributed by atoms with Crippen LogP contribution in [-0.2, 0) is 26.0 Å². The predicted octanol–water partition coefficient (Wildman–Crippen LogP) is 5.20. The fourth-order valence-corrected chi connectivity index (χ4v) is 3.72. The second-order valence-corrected chi connectivity index (χ2v) is 8.91. The summed E-state index contributed by atoms with van der Waals surface area (Å²) in [4.78, 5) is 47.8. The van der Waals surface area contributed by atoms with Crippen LogP contribution in [0.1, 0.15) is 46.6 Å². The van der Waals surface area contributed by atoms with Gasteiger partial charge in [0.05, 0.1) is 11.3 Å². The monoisotopic (exact) mass is 611 g/mol. The van der Waals surface area contributed by atoms with E-state index >= 15 is 0 Å². The maximum atomic E-state index is 14.0. The lowest BCUT2D eigenvalue weighted by Gasteiger charge is -2.17. The fourth-order valence-electron chi connectivity index (χ4n) is 3.72. The number of aromatic nitrogens is 2. The Hall–Kier alpha value is -4.44. The summed E-state index contributed by atoms with van der Waals surface area (Å²) in [6.45, 7) is 2.35. The number of benzene rings is 1. The van der Waals surface area contributed by atoms with Crippen LogP contribution in [0, 0.1) is 25.5 Å². The second kappa shape index (κ2) is 12.6. The number of ether oxygens (including phenoxy) is 1. The molecule has 0 bridgehead atoms. The van der Waals surface area contributed by atoms with E-state index < -0.39 is 73.7 Å². The molecule has 9 nitrogen and oxygen atoms in total. The SMILES string of the molecule is Cc1cc(OCc2c(F)cccc2F)c2nc(C)c(C(=O)NC(CCCC(F)(F)F)C(=O)OOC(=O)C(F)(F)F)n2c1. The zero-order valence-corrected chi connectivity index (χ0v) is 21.7. The number of amides is 1. The second-order valence-electron chi connectivity index (χ2n) is 8.91. The number of nitrogens with zero attached hydrogens (tertiary/aromatic N) is 2. The summed E-state index contributed by atoms with van der Waals surface area (Å²) in [5, 5.41) is 2.06. The topological polar surface area (TPSA) is 108 Å². The highest BCUT2D eigenvalue weighted by Crippen LogP contribution is 2.27. The summed E-state index contributed by atoms with van der Waals surface area (Å²) >= 11 is 0. The molecule has 228 valence electrons. The van der Waals surface area contributed by atoms with E-state index in [0.717, 1.165) is 18.2 Å². The molecule has 0 spiro atoms. The number of alkyl halides is 6. The molecule has 0 saturated heterocycles. The van der Waals surface area contributed by atoms with Crippen LogP contribution in [0.4, 0.5) is 35.1 Å². The maximum absolute atomic E-state index is 14.0.